The molecule has 0 N–H and O–H groups in total. The summed E-state index contributed by atoms with van der Waals surface area (Å²) in [6.07, 6.45) is 6.03. The molecule has 0 amide bonds. The molecule has 0 saturated carbocycles. The molecule has 1 aliphatic heterocycles. The van der Waals surface area contributed by atoms with E-state index in [0.29, 0.717) is 4.48 Å². The zero-order valence-electron chi connectivity index (χ0n) is 17.4. The summed E-state index contributed by atoms with van der Waals surface area (Å²) in [6.45, 7) is 7.40. The molecule has 1 heterocycles. The fraction of sp³-hybridized carbons (Fsp3) is 0.500. The van der Waals surface area contributed by atoms with Crippen LogP contribution in [0.1, 0.15) is 45.1 Å². The normalized spacial score (nSPS) is 20.0. The lowest BCUT2D eigenvalue weighted by atomic mass is 10.0. The van der Waals surface area contributed by atoms with Crippen LogP contribution in [0.15, 0.2) is 52.8 Å². The van der Waals surface area contributed by atoms with Crippen molar-refractivity contribution in [2.24, 2.45) is 5.92 Å². The topological polar surface area (TPSA) is 3.24 Å². The number of quaternary nitrogens is 1. The average molecular weight is 420 g/mol. The Labute approximate surface area is 180 Å². The number of hydrogen-bond donors (Lipinski definition) is 0. The van der Waals surface area contributed by atoms with E-state index in [1.165, 1.54) is 42.0 Å². The second-order valence-corrected chi connectivity index (χ2v) is 9.45. The minimum Gasteiger partial charge on any atom is -0.309 e. The van der Waals surface area contributed by atoms with Crippen molar-refractivity contribution in [2.45, 2.75) is 46.0 Å². The molecular formula is C24H33Cl2N2+. The molecule has 0 aliphatic carbocycles. The maximum atomic E-state index is 6.71. The summed E-state index contributed by atoms with van der Waals surface area (Å²) in [5.41, 5.74) is 1.38. The Bertz CT molecular complexity index is 825. The van der Waals surface area contributed by atoms with E-state index in [1.54, 1.807) is 0 Å². The second-order valence-electron chi connectivity index (χ2n) is 8.74. The zero-order chi connectivity index (χ0) is 20.1. The number of benzene rings is 2. The van der Waals surface area contributed by atoms with Crippen LogP contribution in [-0.4, -0.2) is 36.2 Å². The van der Waals surface area contributed by atoms with Gasteiger partial charge >= 0.3 is 0 Å². The Kier molecular flexibility index (Phi) is 7.31. The van der Waals surface area contributed by atoms with E-state index in [9.17, 15) is 0 Å². The molecule has 0 spiro atoms. The number of halogens is 2. The molecule has 2 aromatic rings. The van der Waals surface area contributed by atoms with E-state index in [2.05, 4.69) is 68.3 Å². The first-order valence-electron chi connectivity index (χ1n) is 10.5. The fourth-order valence-corrected chi connectivity index (χ4v) is 4.70. The van der Waals surface area contributed by atoms with Crippen molar-refractivity contribution in [1.29, 1.82) is 0 Å². The van der Waals surface area contributed by atoms with E-state index < -0.39 is 0 Å². The fourth-order valence-electron chi connectivity index (χ4n) is 4.10. The third kappa shape index (κ3) is 5.03. The van der Waals surface area contributed by atoms with Gasteiger partial charge in [-0.3, -0.25) is 4.48 Å². The molecule has 3 rings (SSSR count). The van der Waals surface area contributed by atoms with Gasteiger partial charge in [-0.25, -0.2) is 0 Å². The van der Waals surface area contributed by atoms with Crippen molar-refractivity contribution in [2.75, 3.05) is 26.8 Å². The predicted molar refractivity (Wildman–Crippen MR) is 122 cm³/mol. The smallest absolute Gasteiger partial charge is 0.238 e. The summed E-state index contributed by atoms with van der Waals surface area (Å²) in [5.74, 6) is 0.791. The molecule has 1 atom stereocenters. The largest absolute Gasteiger partial charge is 0.309 e. The molecular weight excluding hydrogens is 387 g/mol. The van der Waals surface area contributed by atoms with Crippen molar-refractivity contribution >= 4 is 34.0 Å². The molecule has 1 aliphatic rings. The van der Waals surface area contributed by atoms with Gasteiger partial charge < -0.3 is 4.90 Å². The maximum absolute atomic E-state index is 6.71. The number of rotatable bonds is 9. The SMILES string of the molecule is CC(C)CCCCCN1C[N+](C)(CCc2cccc3ccccc23)C(Cl)=C1Cl. The van der Waals surface area contributed by atoms with Gasteiger partial charge in [-0.2, -0.15) is 0 Å². The monoisotopic (exact) mass is 419 g/mol. The molecule has 28 heavy (non-hydrogen) atoms. The van der Waals surface area contributed by atoms with Crippen molar-refractivity contribution in [3.63, 3.8) is 0 Å². The first-order chi connectivity index (χ1) is 13.4. The highest BCUT2D eigenvalue weighted by atomic mass is 35.5. The molecule has 0 saturated heterocycles. The second kappa shape index (κ2) is 9.52. The summed E-state index contributed by atoms with van der Waals surface area (Å²) < 4.78 is 0.690. The van der Waals surface area contributed by atoms with Gasteiger partial charge in [0.1, 0.15) is 0 Å². The van der Waals surface area contributed by atoms with Gasteiger partial charge in [-0.15, -0.1) is 0 Å². The van der Waals surface area contributed by atoms with Crippen LogP contribution in [-0.2, 0) is 6.42 Å². The molecule has 0 fully saturated rings. The maximum Gasteiger partial charge on any atom is 0.238 e. The van der Waals surface area contributed by atoms with E-state index >= 15 is 0 Å². The Morgan fingerprint density at radius 3 is 2.54 bits per heavy atom. The van der Waals surface area contributed by atoms with Crippen molar-refractivity contribution in [3.05, 3.63) is 58.3 Å². The quantitative estimate of drug-likeness (QED) is 0.242. The highest BCUT2D eigenvalue weighted by Crippen LogP contribution is 2.35. The summed E-state index contributed by atoms with van der Waals surface area (Å²) >= 11 is 13.3. The van der Waals surface area contributed by atoms with Gasteiger partial charge in [0.2, 0.25) is 5.16 Å². The van der Waals surface area contributed by atoms with Crippen LogP contribution in [0.5, 0.6) is 0 Å². The molecule has 2 nitrogen and oxygen atoms in total. The number of hydrogen-bond acceptors (Lipinski definition) is 1. The van der Waals surface area contributed by atoms with Crippen LogP contribution >= 0.6 is 23.2 Å². The third-order valence-corrected chi connectivity index (χ3v) is 6.97. The van der Waals surface area contributed by atoms with Crippen LogP contribution < -0.4 is 0 Å². The van der Waals surface area contributed by atoms with E-state index in [0.717, 1.165) is 42.4 Å². The number of unbranched alkanes of at least 4 members (excludes halogenated alkanes) is 2. The van der Waals surface area contributed by atoms with E-state index in [1.807, 2.05) is 0 Å². The van der Waals surface area contributed by atoms with Gasteiger partial charge in [-0.05, 0) is 40.3 Å². The summed E-state index contributed by atoms with van der Waals surface area (Å²) in [6, 6.07) is 15.2. The number of likely N-dealkylation sites (N-methyl/N-ethyl adjacent to an activating group) is 1. The first kappa shape index (κ1) is 21.5. The third-order valence-electron chi connectivity index (χ3n) is 5.87. The molecule has 4 heteroatoms. The van der Waals surface area contributed by atoms with Crippen molar-refractivity contribution in [1.82, 2.24) is 4.90 Å². The van der Waals surface area contributed by atoms with Crippen LogP contribution in [0.4, 0.5) is 0 Å². The van der Waals surface area contributed by atoms with Crippen molar-refractivity contribution in [3.8, 4) is 0 Å². The summed E-state index contributed by atoms with van der Waals surface area (Å²) in [5, 5.41) is 4.16. The van der Waals surface area contributed by atoms with Gasteiger partial charge in [-0.1, -0.05) is 87.2 Å². The van der Waals surface area contributed by atoms with Gasteiger partial charge in [0.25, 0.3) is 0 Å². The van der Waals surface area contributed by atoms with Crippen LogP contribution in [0.3, 0.4) is 0 Å². The summed E-state index contributed by atoms with van der Waals surface area (Å²) in [4.78, 5) is 2.27. The van der Waals surface area contributed by atoms with Crippen LogP contribution in [0, 0.1) is 5.92 Å². The molecule has 0 aromatic heterocycles. The number of nitrogens with zero attached hydrogens (tertiary/aromatic N) is 2. The van der Waals surface area contributed by atoms with Gasteiger partial charge in [0.05, 0.1) is 13.6 Å². The minimum absolute atomic E-state index is 0.690. The van der Waals surface area contributed by atoms with E-state index in [4.69, 9.17) is 23.2 Å². The molecule has 152 valence electrons. The lowest BCUT2D eigenvalue weighted by Crippen LogP contribution is -2.44. The van der Waals surface area contributed by atoms with Crippen LogP contribution in [0.25, 0.3) is 10.8 Å². The Morgan fingerprint density at radius 2 is 1.75 bits per heavy atom. The minimum atomic E-state index is 0.690. The predicted octanol–water partition coefficient (Wildman–Crippen LogP) is 6.92. The number of fused-ring (bicyclic) bond motifs is 1. The highest BCUT2D eigenvalue weighted by Gasteiger charge is 2.39. The highest BCUT2D eigenvalue weighted by molar-refractivity contribution is 6.38. The Hall–Kier alpha value is -1.22. The lowest BCUT2D eigenvalue weighted by Gasteiger charge is -2.30. The van der Waals surface area contributed by atoms with Gasteiger partial charge in [0, 0.05) is 13.0 Å². The lowest BCUT2D eigenvalue weighted by molar-refractivity contribution is -0.867. The van der Waals surface area contributed by atoms with Crippen molar-refractivity contribution < 1.29 is 4.48 Å². The Morgan fingerprint density at radius 1 is 1.00 bits per heavy atom. The molecule has 2 aromatic carbocycles. The average Bonchev–Trinajstić information content (AvgIpc) is 2.90. The zero-order valence-corrected chi connectivity index (χ0v) is 18.9. The first-order valence-corrected chi connectivity index (χ1v) is 11.3. The summed E-state index contributed by atoms with van der Waals surface area (Å²) in [7, 11) is 2.20. The van der Waals surface area contributed by atoms with E-state index in [-0.39, 0.29) is 0 Å². The van der Waals surface area contributed by atoms with Gasteiger partial charge in [0.15, 0.2) is 11.8 Å². The standard InChI is InChI=1S/C24H33Cl2N2/c1-19(2)10-5-4-8-16-27-18-28(3,24(26)23(27)25)17-15-21-13-9-12-20-11-6-7-14-22(20)21/h6-7,9,11-14,19H,4-5,8,10,15-18H2,1-3H3/q+1. The molecule has 0 bridgehead atoms. The molecule has 0 radical (unpaired) electrons. The molecule has 1 unspecified atom stereocenters. The Balaban J connectivity index is 1.59. The van der Waals surface area contributed by atoms with Crippen LogP contribution in [0.2, 0.25) is 0 Å².